The molecule has 3 heteroatoms. The lowest BCUT2D eigenvalue weighted by Gasteiger charge is -2.18. The standard InChI is InChI=1S/C15H22ClNO/c1-3-11(2)14-8-13(16)4-5-15(14)18-10-12-6-7-17-9-12/h4-5,8,11-12,17H,3,6-7,9-10H2,1-2H3/t11-,12+/m1/s1. The van der Waals surface area contributed by atoms with Crippen molar-refractivity contribution in [3.05, 3.63) is 28.8 Å². The van der Waals surface area contributed by atoms with Crippen LogP contribution in [0.3, 0.4) is 0 Å². The van der Waals surface area contributed by atoms with E-state index in [9.17, 15) is 0 Å². The van der Waals surface area contributed by atoms with Gasteiger partial charge in [-0.05, 0) is 49.1 Å². The van der Waals surface area contributed by atoms with Gasteiger partial charge in [-0.25, -0.2) is 0 Å². The van der Waals surface area contributed by atoms with Crippen molar-refractivity contribution in [3.8, 4) is 5.75 Å². The Morgan fingerprint density at radius 1 is 1.50 bits per heavy atom. The van der Waals surface area contributed by atoms with Crippen LogP contribution in [0.5, 0.6) is 5.75 Å². The van der Waals surface area contributed by atoms with E-state index in [1.807, 2.05) is 18.2 Å². The minimum absolute atomic E-state index is 0.486. The number of benzene rings is 1. The van der Waals surface area contributed by atoms with Crippen LogP contribution in [0.15, 0.2) is 18.2 Å². The number of ether oxygens (including phenoxy) is 1. The molecule has 0 saturated carbocycles. The van der Waals surface area contributed by atoms with E-state index in [2.05, 4.69) is 19.2 Å². The zero-order valence-electron chi connectivity index (χ0n) is 11.2. The van der Waals surface area contributed by atoms with Crippen LogP contribution < -0.4 is 10.1 Å². The molecule has 0 aromatic heterocycles. The molecule has 1 heterocycles. The van der Waals surface area contributed by atoms with Gasteiger partial charge in [0.15, 0.2) is 0 Å². The molecule has 1 N–H and O–H groups in total. The number of nitrogens with one attached hydrogen (secondary N) is 1. The highest BCUT2D eigenvalue weighted by atomic mass is 35.5. The van der Waals surface area contributed by atoms with Crippen molar-refractivity contribution in [3.63, 3.8) is 0 Å². The summed E-state index contributed by atoms with van der Waals surface area (Å²) < 4.78 is 6.00. The number of rotatable bonds is 5. The van der Waals surface area contributed by atoms with Crippen LogP contribution >= 0.6 is 11.6 Å². The van der Waals surface area contributed by atoms with E-state index in [4.69, 9.17) is 16.3 Å². The molecule has 0 radical (unpaired) electrons. The zero-order chi connectivity index (χ0) is 13.0. The van der Waals surface area contributed by atoms with E-state index in [0.29, 0.717) is 11.8 Å². The van der Waals surface area contributed by atoms with Gasteiger partial charge in [0.1, 0.15) is 5.75 Å². The monoisotopic (exact) mass is 267 g/mol. The van der Waals surface area contributed by atoms with E-state index in [1.54, 1.807) is 0 Å². The molecule has 0 unspecified atom stereocenters. The number of hydrogen-bond acceptors (Lipinski definition) is 2. The summed E-state index contributed by atoms with van der Waals surface area (Å²) >= 11 is 6.08. The van der Waals surface area contributed by atoms with Crippen molar-refractivity contribution in [1.29, 1.82) is 0 Å². The summed E-state index contributed by atoms with van der Waals surface area (Å²) in [6.07, 6.45) is 2.31. The Bertz CT molecular complexity index is 388. The Kier molecular flexibility index (Phi) is 4.90. The van der Waals surface area contributed by atoms with Gasteiger partial charge in [-0.15, -0.1) is 0 Å². The molecule has 100 valence electrons. The molecule has 0 spiro atoms. The summed E-state index contributed by atoms with van der Waals surface area (Å²) in [7, 11) is 0. The van der Waals surface area contributed by atoms with E-state index < -0.39 is 0 Å². The van der Waals surface area contributed by atoms with E-state index >= 15 is 0 Å². The fourth-order valence-electron chi connectivity index (χ4n) is 2.32. The summed E-state index contributed by atoms with van der Waals surface area (Å²) in [5.74, 6) is 2.13. The van der Waals surface area contributed by atoms with Gasteiger partial charge in [-0.2, -0.15) is 0 Å². The molecule has 1 saturated heterocycles. The van der Waals surface area contributed by atoms with Gasteiger partial charge < -0.3 is 10.1 Å². The summed E-state index contributed by atoms with van der Waals surface area (Å²) in [6.45, 7) is 7.41. The fraction of sp³-hybridized carbons (Fsp3) is 0.600. The second kappa shape index (κ2) is 6.44. The largest absolute Gasteiger partial charge is 0.493 e. The van der Waals surface area contributed by atoms with Gasteiger partial charge in [0.2, 0.25) is 0 Å². The third kappa shape index (κ3) is 3.39. The fourth-order valence-corrected chi connectivity index (χ4v) is 2.50. The SMILES string of the molecule is CC[C@@H](C)c1cc(Cl)ccc1OC[C@H]1CCNC1. The molecule has 18 heavy (non-hydrogen) atoms. The van der Waals surface area contributed by atoms with Crippen molar-refractivity contribution in [2.24, 2.45) is 5.92 Å². The van der Waals surface area contributed by atoms with Crippen molar-refractivity contribution in [1.82, 2.24) is 5.32 Å². The first-order valence-electron chi connectivity index (χ1n) is 6.83. The minimum atomic E-state index is 0.486. The van der Waals surface area contributed by atoms with Gasteiger partial charge >= 0.3 is 0 Å². The molecule has 0 aliphatic carbocycles. The lowest BCUT2D eigenvalue weighted by Crippen LogP contribution is -2.16. The topological polar surface area (TPSA) is 21.3 Å². The normalized spacial score (nSPS) is 20.9. The van der Waals surface area contributed by atoms with Crippen LogP contribution in [0.4, 0.5) is 0 Å². The maximum atomic E-state index is 6.08. The Labute approximate surface area is 115 Å². The summed E-state index contributed by atoms with van der Waals surface area (Å²) in [4.78, 5) is 0. The van der Waals surface area contributed by atoms with E-state index in [0.717, 1.165) is 36.9 Å². The van der Waals surface area contributed by atoms with Crippen LogP contribution in [-0.2, 0) is 0 Å². The Hall–Kier alpha value is -0.730. The Morgan fingerprint density at radius 3 is 3.00 bits per heavy atom. The summed E-state index contributed by atoms with van der Waals surface area (Å²) in [5.41, 5.74) is 1.23. The third-order valence-corrected chi connectivity index (χ3v) is 3.99. The lowest BCUT2D eigenvalue weighted by atomic mass is 9.98. The molecule has 1 aliphatic rings. The maximum Gasteiger partial charge on any atom is 0.122 e. The van der Waals surface area contributed by atoms with Crippen molar-refractivity contribution in [2.75, 3.05) is 19.7 Å². The Balaban J connectivity index is 2.05. The molecular weight excluding hydrogens is 246 g/mol. The smallest absolute Gasteiger partial charge is 0.122 e. The van der Waals surface area contributed by atoms with Crippen molar-refractivity contribution in [2.45, 2.75) is 32.6 Å². The highest BCUT2D eigenvalue weighted by molar-refractivity contribution is 6.30. The first kappa shape index (κ1) is 13.7. The summed E-state index contributed by atoms with van der Waals surface area (Å²) in [5, 5.41) is 4.16. The van der Waals surface area contributed by atoms with Crippen LogP contribution in [0, 0.1) is 5.92 Å². The van der Waals surface area contributed by atoms with Gasteiger partial charge in [0, 0.05) is 17.5 Å². The second-order valence-corrected chi connectivity index (χ2v) is 5.60. The molecule has 0 bridgehead atoms. The zero-order valence-corrected chi connectivity index (χ0v) is 12.0. The van der Waals surface area contributed by atoms with Gasteiger partial charge in [-0.3, -0.25) is 0 Å². The van der Waals surface area contributed by atoms with Gasteiger partial charge in [0.25, 0.3) is 0 Å². The van der Waals surface area contributed by atoms with E-state index in [-0.39, 0.29) is 0 Å². The average molecular weight is 268 g/mol. The molecule has 2 nitrogen and oxygen atoms in total. The lowest BCUT2D eigenvalue weighted by molar-refractivity contribution is 0.256. The number of halogens is 1. The summed E-state index contributed by atoms with van der Waals surface area (Å²) in [6, 6.07) is 5.96. The minimum Gasteiger partial charge on any atom is -0.493 e. The van der Waals surface area contributed by atoms with Gasteiger partial charge in [-0.1, -0.05) is 25.4 Å². The molecule has 1 aliphatic heterocycles. The maximum absolute atomic E-state index is 6.08. The first-order chi connectivity index (χ1) is 8.70. The van der Waals surface area contributed by atoms with Crippen LogP contribution in [0.25, 0.3) is 0 Å². The predicted octanol–water partition coefficient (Wildman–Crippen LogP) is 3.84. The van der Waals surface area contributed by atoms with Gasteiger partial charge in [0.05, 0.1) is 6.61 Å². The predicted molar refractivity (Wildman–Crippen MR) is 76.6 cm³/mol. The second-order valence-electron chi connectivity index (χ2n) is 5.16. The highest BCUT2D eigenvalue weighted by Crippen LogP contribution is 2.31. The van der Waals surface area contributed by atoms with Crippen molar-refractivity contribution < 1.29 is 4.74 Å². The first-order valence-corrected chi connectivity index (χ1v) is 7.21. The molecular formula is C15H22ClNO. The van der Waals surface area contributed by atoms with Crippen LogP contribution in [0.2, 0.25) is 5.02 Å². The molecule has 1 aromatic rings. The molecule has 1 aromatic carbocycles. The molecule has 2 rings (SSSR count). The molecule has 1 fully saturated rings. The third-order valence-electron chi connectivity index (χ3n) is 3.75. The van der Waals surface area contributed by atoms with E-state index in [1.165, 1.54) is 12.0 Å². The highest BCUT2D eigenvalue weighted by Gasteiger charge is 2.17. The van der Waals surface area contributed by atoms with Crippen molar-refractivity contribution >= 4 is 11.6 Å². The Morgan fingerprint density at radius 2 is 2.33 bits per heavy atom. The quantitative estimate of drug-likeness (QED) is 0.875. The van der Waals surface area contributed by atoms with Crippen LogP contribution in [0.1, 0.15) is 38.2 Å². The molecule has 0 amide bonds. The van der Waals surface area contributed by atoms with Crippen LogP contribution in [-0.4, -0.2) is 19.7 Å². The molecule has 2 atom stereocenters. The average Bonchev–Trinajstić information content (AvgIpc) is 2.89. The number of hydrogen-bond donors (Lipinski definition) is 1.